The van der Waals surface area contributed by atoms with Gasteiger partial charge in [0, 0.05) is 5.56 Å². The summed E-state index contributed by atoms with van der Waals surface area (Å²) in [5.41, 5.74) is 1.04. The van der Waals surface area contributed by atoms with Crippen molar-refractivity contribution in [3.05, 3.63) is 29.8 Å². The van der Waals surface area contributed by atoms with Crippen molar-refractivity contribution >= 4 is 52.2 Å². The molecule has 1 N–H and O–H groups in total. The van der Waals surface area contributed by atoms with Gasteiger partial charge in [0.15, 0.2) is 14.5 Å². The second-order valence-corrected chi connectivity index (χ2v) is 8.01. The first-order chi connectivity index (χ1) is 10.5. The predicted molar refractivity (Wildman–Crippen MR) is 92.1 cm³/mol. The SMILES string of the molecule is CSc1nnc(S[C@@H](C)C(=O)Nc2ccccc2C(C)=O)s1. The van der Waals surface area contributed by atoms with Crippen molar-refractivity contribution in [1.29, 1.82) is 0 Å². The van der Waals surface area contributed by atoms with E-state index in [-0.39, 0.29) is 16.9 Å². The van der Waals surface area contributed by atoms with E-state index < -0.39 is 0 Å². The van der Waals surface area contributed by atoms with Gasteiger partial charge in [-0.3, -0.25) is 9.59 Å². The van der Waals surface area contributed by atoms with E-state index in [4.69, 9.17) is 0 Å². The van der Waals surface area contributed by atoms with Gasteiger partial charge in [-0.1, -0.05) is 47.0 Å². The Morgan fingerprint density at radius 3 is 2.55 bits per heavy atom. The third-order valence-corrected chi connectivity index (χ3v) is 5.86. The third-order valence-electron chi connectivity index (χ3n) is 2.77. The molecule has 0 saturated carbocycles. The van der Waals surface area contributed by atoms with Gasteiger partial charge in [0.05, 0.1) is 10.9 Å². The molecular formula is C14H15N3O2S3. The summed E-state index contributed by atoms with van der Waals surface area (Å²) in [6.45, 7) is 3.28. The Morgan fingerprint density at radius 1 is 1.23 bits per heavy atom. The number of carbonyl (C=O) groups is 2. The van der Waals surface area contributed by atoms with Crippen LogP contribution in [0.4, 0.5) is 5.69 Å². The topological polar surface area (TPSA) is 72.0 Å². The summed E-state index contributed by atoms with van der Waals surface area (Å²) >= 11 is 4.34. The van der Waals surface area contributed by atoms with Gasteiger partial charge in [-0.15, -0.1) is 10.2 Å². The van der Waals surface area contributed by atoms with E-state index in [1.807, 2.05) is 6.26 Å². The van der Waals surface area contributed by atoms with Gasteiger partial charge in [0.1, 0.15) is 0 Å². The molecule has 0 aliphatic carbocycles. The second-order valence-electron chi connectivity index (χ2n) is 4.39. The summed E-state index contributed by atoms with van der Waals surface area (Å²) in [7, 11) is 0. The molecule has 1 heterocycles. The van der Waals surface area contributed by atoms with E-state index in [1.165, 1.54) is 41.8 Å². The number of para-hydroxylation sites is 1. The lowest BCUT2D eigenvalue weighted by atomic mass is 10.1. The van der Waals surface area contributed by atoms with Gasteiger partial charge in [-0.25, -0.2) is 0 Å². The molecule has 116 valence electrons. The number of aromatic nitrogens is 2. The fraction of sp³-hybridized carbons (Fsp3) is 0.286. The maximum Gasteiger partial charge on any atom is 0.237 e. The lowest BCUT2D eigenvalue weighted by molar-refractivity contribution is -0.115. The van der Waals surface area contributed by atoms with Gasteiger partial charge in [-0.05, 0) is 32.2 Å². The minimum absolute atomic E-state index is 0.0788. The number of amides is 1. The molecule has 2 aromatic rings. The number of benzene rings is 1. The van der Waals surface area contributed by atoms with E-state index in [0.29, 0.717) is 11.3 Å². The molecule has 0 fully saturated rings. The van der Waals surface area contributed by atoms with Crippen LogP contribution in [0.15, 0.2) is 32.9 Å². The number of rotatable bonds is 6. The molecule has 1 aromatic carbocycles. The summed E-state index contributed by atoms with van der Waals surface area (Å²) in [6.07, 6.45) is 1.93. The maximum atomic E-state index is 12.3. The number of Topliss-reactive ketones (excluding diaryl/α,β-unsaturated/α-hetero) is 1. The fourth-order valence-corrected chi connectivity index (χ4v) is 4.25. The number of hydrogen-bond donors (Lipinski definition) is 1. The normalized spacial score (nSPS) is 12.0. The van der Waals surface area contributed by atoms with Crippen LogP contribution in [0.2, 0.25) is 0 Å². The largest absolute Gasteiger partial charge is 0.324 e. The van der Waals surface area contributed by atoms with E-state index >= 15 is 0 Å². The number of thioether (sulfide) groups is 2. The fourth-order valence-electron chi connectivity index (χ4n) is 1.67. The van der Waals surface area contributed by atoms with Crippen molar-refractivity contribution in [1.82, 2.24) is 10.2 Å². The van der Waals surface area contributed by atoms with E-state index in [9.17, 15) is 9.59 Å². The first-order valence-corrected chi connectivity index (χ1v) is 9.38. The summed E-state index contributed by atoms with van der Waals surface area (Å²) < 4.78 is 1.63. The molecule has 0 aliphatic heterocycles. The van der Waals surface area contributed by atoms with Crippen LogP contribution in [0.25, 0.3) is 0 Å². The Labute approximate surface area is 141 Å². The first-order valence-electron chi connectivity index (χ1n) is 6.46. The van der Waals surface area contributed by atoms with Crippen LogP contribution in [-0.2, 0) is 4.79 Å². The molecule has 5 nitrogen and oxygen atoms in total. The highest BCUT2D eigenvalue weighted by Gasteiger charge is 2.18. The van der Waals surface area contributed by atoms with Crippen molar-refractivity contribution in [3.8, 4) is 0 Å². The van der Waals surface area contributed by atoms with E-state index in [1.54, 1.807) is 31.2 Å². The summed E-state index contributed by atoms with van der Waals surface area (Å²) in [4.78, 5) is 23.8. The highest BCUT2D eigenvalue weighted by molar-refractivity contribution is 8.03. The molecule has 0 unspecified atom stereocenters. The summed E-state index contributed by atoms with van der Waals surface area (Å²) in [5, 5.41) is 10.5. The Morgan fingerprint density at radius 2 is 1.91 bits per heavy atom. The van der Waals surface area contributed by atoms with Crippen LogP contribution in [-0.4, -0.2) is 33.4 Å². The molecule has 22 heavy (non-hydrogen) atoms. The molecule has 2 rings (SSSR count). The van der Waals surface area contributed by atoms with Crippen LogP contribution in [0.1, 0.15) is 24.2 Å². The van der Waals surface area contributed by atoms with E-state index in [0.717, 1.165) is 8.68 Å². The van der Waals surface area contributed by atoms with Crippen molar-refractivity contribution in [2.45, 2.75) is 27.8 Å². The Bertz CT molecular complexity index is 687. The quantitative estimate of drug-likeness (QED) is 0.632. The van der Waals surface area contributed by atoms with Crippen molar-refractivity contribution < 1.29 is 9.59 Å². The van der Waals surface area contributed by atoms with Crippen molar-refractivity contribution in [2.75, 3.05) is 11.6 Å². The molecule has 0 aliphatic rings. The average Bonchev–Trinajstić information content (AvgIpc) is 2.95. The molecular weight excluding hydrogens is 338 g/mol. The van der Waals surface area contributed by atoms with Crippen LogP contribution in [0.5, 0.6) is 0 Å². The van der Waals surface area contributed by atoms with Crippen LogP contribution in [0, 0.1) is 0 Å². The summed E-state index contributed by atoms with van der Waals surface area (Å²) in [6, 6.07) is 6.99. The molecule has 0 radical (unpaired) electrons. The average molecular weight is 353 g/mol. The third kappa shape index (κ3) is 4.31. The van der Waals surface area contributed by atoms with Gasteiger partial charge in [-0.2, -0.15) is 0 Å². The predicted octanol–water partition coefficient (Wildman–Crippen LogP) is 3.58. The highest BCUT2D eigenvalue weighted by Crippen LogP contribution is 2.30. The number of anilines is 1. The first kappa shape index (κ1) is 17.0. The molecule has 0 bridgehead atoms. The Hall–Kier alpha value is -1.38. The number of nitrogens with one attached hydrogen (secondary N) is 1. The maximum absolute atomic E-state index is 12.3. The number of nitrogens with zero attached hydrogens (tertiary/aromatic N) is 2. The van der Waals surface area contributed by atoms with E-state index in [2.05, 4.69) is 15.5 Å². The number of hydrogen-bond acceptors (Lipinski definition) is 7. The number of carbonyl (C=O) groups excluding carboxylic acids is 2. The minimum Gasteiger partial charge on any atom is -0.324 e. The summed E-state index contributed by atoms with van der Waals surface area (Å²) in [5.74, 6) is -0.246. The molecule has 0 spiro atoms. The molecule has 1 atom stereocenters. The smallest absolute Gasteiger partial charge is 0.237 e. The highest BCUT2D eigenvalue weighted by atomic mass is 32.2. The molecule has 1 aromatic heterocycles. The van der Waals surface area contributed by atoms with Crippen LogP contribution >= 0.6 is 34.9 Å². The van der Waals surface area contributed by atoms with Gasteiger partial charge in [0.2, 0.25) is 5.91 Å². The lowest BCUT2D eigenvalue weighted by Gasteiger charge is -2.12. The van der Waals surface area contributed by atoms with Gasteiger partial charge in [0.25, 0.3) is 0 Å². The standard InChI is InChI=1S/C14H15N3O2S3/c1-8(18)10-6-4-5-7-11(10)15-12(19)9(2)21-14-17-16-13(20-3)22-14/h4-7,9H,1-3H3,(H,15,19)/t9-/m0/s1. The van der Waals surface area contributed by atoms with Gasteiger partial charge < -0.3 is 5.32 Å². The van der Waals surface area contributed by atoms with Crippen molar-refractivity contribution in [3.63, 3.8) is 0 Å². The second kappa shape index (κ2) is 7.75. The monoisotopic (exact) mass is 353 g/mol. The zero-order valence-corrected chi connectivity index (χ0v) is 14.8. The lowest BCUT2D eigenvalue weighted by Crippen LogP contribution is -2.23. The van der Waals surface area contributed by atoms with Crippen LogP contribution < -0.4 is 5.32 Å². The molecule has 0 saturated heterocycles. The zero-order chi connectivity index (χ0) is 16.1. The Balaban J connectivity index is 2.04. The molecule has 1 amide bonds. The number of ketones is 1. The zero-order valence-electron chi connectivity index (χ0n) is 12.3. The van der Waals surface area contributed by atoms with Gasteiger partial charge >= 0.3 is 0 Å². The minimum atomic E-state index is -0.331. The molecule has 8 heteroatoms. The van der Waals surface area contributed by atoms with Crippen molar-refractivity contribution in [2.24, 2.45) is 0 Å². The Kier molecular flexibility index (Phi) is 5.98. The van der Waals surface area contributed by atoms with Crippen LogP contribution in [0.3, 0.4) is 0 Å².